The molecule has 1 aliphatic rings. The summed E-state index contributed by atoms with van der Waals surface area (Å²) in [6.07, 6.45) is 0. The Morgan fingerprint density at radius 3 is 2.33 bits per heavy atom. The van der Waals surface area contributed by atoms with E-state index in [1.165, 1.54) is 4.31 Å². The number of aromatic amines is 1. The summed E-state index contributed by atoms with van der Waals surface area (Å²) in [7, 11) is -3.51. The first-order valence-corrected chi connectivity index (χ1v) is 8.13. The molecule has 0 radical (unpaired) electrons. The highest BCUT2D eigenvalue weighted by atomic mass is 32.2. The van der Waals surface area contributed by atoms with E-state index in [-0.39, 0.29) is 9.08 Å². The maximum absolute atomic E-state index is 12.4. The Labute approximate surface area is 110 Å². The third-order valence-corrected chi connectivity index (χ3v) is 6.61. The molecule has 2 rings (SSSR count). The van der Waals surface area contributed by atoms with E-state index in [1.807, 2.05) is 0 Å². The molecule has 0 unspecified atom stereocenters. The van der Waals surface area contributed by atoms with Gasteiger partial charge in [0.1, 0.15) is 0 Å². The zero-order valence-corrected chi connectivity index (χ0v) is 12.1. The average Bonchev–Trinajstić information content (AvgIpc) is 2.69. The van der Waals surface area contributed by atoms with Crippen molar-refractivity contribution in [3.8, 4) is 0 Å². The Hall–Kier alpha value is -0.700. The van der Waals surface area contributed by atoms with Crippen LogP contribution in [0.15, 0.2) is 9.00 Å². The normalized spacial score (nSPS) is 19.2. The fourth-order valence-corrected chi connectivity index (χ4v) is 4.90. The molecular weight excluding hydrogens is 274 g/mol. The standard InChI is InChI=1S/C10H17N3O3S2/c1-3-12-4-6-13(7-5-12)18(15,16)9-8(2)11-10(14)17-9/h3-7H2,1-2H3,(H,11,14). The smallest absolute Gasteiger partial charge is 0.305 e. The van der Waals surface area contributed by atoms with E-state index in [0.29, 0.717) is 18.8 Å². The predicted octanol–water partition coefficient (Wildman–Crippen LogP) is 0.0710. The fourth-order valence-electron chi connectivity index (χ4n) is 2.04. The van der Waals surface area contributed by atoms with Gasteiger partial charge in [-0.15, -0.1) is 0 Å². The Bertz CT molecular complexity index is 567. The summed E-state index contributed by atoms with van der Waals surface area (Å²) in [6.45, 7) is 7.08. The second-order valence-corrected chi connectivity index (χ2v) is 7.38. The molecular formula is C10H17N3O3S2. The molecule has 8 heteroatoms. The van der Waals surface area contributed by atoms with Crippen LogP contribution in [0, 0.1) is 6.92 Å². The lowest BCUT2D eigenvalue weighted by Gasteiger charge is -2.32. The minimum absolute atomic E-state index is 0.150. The number of piperazine rings is 1. The largest absolute Gasteiger partial charge is 0.315 e. The van der Waals surface area contributed by atoms with Crippen LogP contribution >= 0.6 is 11.3 Å². The molecule has 1 N–H and O–H groups in total. The Morgan fingerprint density at radius 2 is 1.89 bits per heavy atom. The topological polar surface area (TPSA) is 73.5 Å². The van der Waals surface area contributed by atoms with Gasteiger partial charge in [-0.25, -0.2) is 8.42 Å². The number of nitrogens with one attached hydrogen (secondary N) is 1. The van der Waals surface area contributed by atoms with E-state index in [0.717, 1.165) is 31.0 Å². The lowest BCUT2D eigenvalue weighted by atomic mass is 10.4. The number of hydrogen-bond acceptors (Lipinski definition) is 5. The molecule has 102 valence electrons. The number of aryl methyl sites for hydroxylation is 1. The first-order chi connectivity index (χ1) is 8.45. The van der Waals surface area contributed by atoms with Crippen molar-refractivity contribution < 1.29 is 8.42 Å². The highest BCUT2D eigenvalue weighted by Gasteiger charge is 2.30. The SMILES string of the molecule is CCN1CCN(S(=O)(=O)c2sc(=O)[nH]c2C)CC1. The minimum Gasteiger partial charge on any atom is -0.315 e. The number of sulfonamides is 1. The fraction of sp³-hybridized carbons (Fsp3) is 0.700. The van der Waals surface area contributed by atoms with E-state index < -0.39 is 10.0 Å². The van der Waals surface area contributed by atoms with Crippen molar-refractivity contribution >= 4 is 21.4 Å². The summed E-state index contributed by atoms with van der Waals surface area (Å²) in [5.74, 6) is 0. The van der Waals surface area contributed by atoms with Gasteiger partial charge in [0.25, 0.3) is 10.0 Å². The molecule has 18 heavy (non-hydrogen) atoms. The molecule has 0 aromatic carbocycles. The van der Waals surface area contributed by atoms with Crippen LogP contribution in [0.5, 0.6) is 0 Å². The highest BCUT2D eigenvalue weighted by molar-refractivity contribution is 7.91. The Morgan fingerprint density at radius 1 is 1.28 bits per heavy atom. The van der Waals surface area contributed by atoms with E-state index in [4.69, 9.17) is 0 Å². The van der Waals surface area contributed by atoms with Crippen molar-refractivity contribution in [2.24, 2.45) is 0 Å². The molecule has 2 heterocycles. The molecule has 1 aliphatic heterocycles. The minimum atomic E-state index is -3.51. The van der Waals surface area contributed by atoms with Gasteiger partial charge in [-0.2, -0.15) is 4.31 Å². The van der Waals surface area contributed by atoms with Gasteiger partial charge in [-0.3, -0.25) is 4.79 Å². The zero-order valence-electron chi connectivity index (χ0n) is 10.5. The summed E-state index contributed by atoms with van der Waals surface area (Å²) < 4.78 is 26.4. The van der Waals surface area contributed by atoms with Crippen molar-refractivity contribution in [3.63, 3.8) is 0 Å². The third kappa shape index (κ3) is 2.51. The number of hydrogen-bond donors (Lipinski definition) is 1. The van der Waals surface area contributed by atoms with Crippen molar-refractivity contribution in [1.29, 1.82) is 0 Å². The first kappa shape index (κ1) is 13.7. The van der Waals surface area contributed by atoms with Crippen molar-refractivity contribution in [1.82, 2.24) is 14.2 Å². The number of thiazole rings is 1. The van der Waals surface area contributed by atoms with Crippen LogP contribution in [-0.4, -0.2) is 55.3 Å². The first-order valence-electron chi connectivity index (χ1n) is 5.87. The predicted molar refractivity (Wildman–Crippen MR) is 70.5 cm³/mol. The van der Waals surface area contributed by atoms with E-state index in [2.05, 4.69) is 16.8 Å². The van der Waals surface area contributed by atoms with Crippen molar-refractivity contribution in [2.75, 3.05) is 32.7 Å². The van der Waals surface area contributed by atoms with Gasteiger partial charge in [0.15, 0.2) is 4.21 Å². The monoisotopic (exact) mass is 291 g/mol. The van der Waals surface area contributed by atoms with Gasteiger partial charge >= 0.3 is 4.87 Å². The highest BCUT2D eigenvalue weighted by Crippen LogP contribution is 2.22. The molecule has 1 fully saturated rings. The van der Waals surface area contributed by atoms with Gasteiger partial charge in [-0.05, 0) is 13.5 Å². The molecule has 0 aliphatic carbocycles. The zero-order chi connectivity index (χ0) is 13.3. The Kier molecular flexibility index (Phi) is 3.90. The number of aromatic nitrogens is 1. The van der Waals surface area contributed by atoms with Gasteiger partial charge in [-0.1, -0.05) is 18.3 Å². The van der Waals surface area contributed by atoms with Crippen molar-refractivity contribution in [3.05, 3.63) is 15.4 Å². The van der Waals surface area contributed by atoms with Gasteiger partial charge in [0.05, 0.1) is 0 Å². The molecule has 6 nitrogen and oxygen atoms in total. The van der Waals surface area contributed by atoms with E-state index in [9.17, 15) is 13.2 Å². The number of H-pyrrole nitrogens is 1. The molecule has 0 saturated carbocycles. The molecule has 0 amide bonds. The summed E-state index contributed by atoms with van der Waals surface area (Å²) >= 11 is 0.767. The summed E-state index contributed by atoms with van der Waals surface area (Å²) in [5.41, 5.74) is 0.433. The summed E-state index contributed by atoms with van der Waals surface area (Å²) in [4.78, 5) is 15.6. The average molecular weight is 291 g/mol. The van der Waals surface area contributed by atoms with Crippen LogP contribution in [0.1, 0.15) is 12.6 Å². The maximum Gasteiger partial charge on any atom is 0.305 e. The van der Waals surface area contributed by atoms with Crippen LogP contribution in [0.4, 0.5) is 0 Å². The maximum atomic E-state index is 12.4. The molecule has 1 aromatic rings. The van der Waals surface area contributed by atoms with Crippen LogP contribution in [0.2, 0.25) is 0 Å². The van der Waals surface area contributed by atoms with Crippen LogP contribution in [0.25, 0.3) is 0 Å². The number of likely N-dealkylation sites (N-methyl/N-ethyl adjacent to an activating group) is 1. The number of rotatable bonds is 3. The van der Waals surface area contributed by atoms with Crippen LogP contribution < -0.4 is 4.87 Å². The van der Waals surface area contributed by atoms with Crippen LogP contribution in [-0.2, 0) is 10.0 Å². The third-order valence-electron chi connectivity index (χ3n) is 3.13. The second-order valence-electron chi connectivity index (χ2n) is 4.27. The molecule has 1 saturated heterocycles. The van der Waals surface area contributed by atoms with Gasteiger partial charge < -0.3 is 9.88 Å². The summed E-state index contributed by atoms with van der Waals surface area (Å²) in [6, 6.07) is 0. The van der Waals surface area contributed by atoms with E-state index in [1.54, 1.807) is 6.92 Å². The molecule has 1 aromatic heterocycles. The second kappa shape index (κ2) is 5.12. The Balaban J connectivity index is 2.23. The van der Waals surface area contributed by atoms with E-state index >= 15 is 0 Å². The number of nitrogens with zero attached hydrogens (tertiary/aromatic N) is 2. The molecule has 0 atom stereocenters. The van der Waals surface area contributed by atoms with Crippen molar-refractivity contribution in [2.45, 2.75) is 18.1 Å². The lowest BCUT2D eigenvalue weighted by Crippen LogP contribution is -2.48. The van der Waals surface area contributed by atoms with Gasteiger partial charge in [0.2, 0.25) is 0 Å². The lowest BCUT2D eigenvalue weighted by molar-refractivity contribution is 0.196. The molecule has 0 spiro atoms. The summed E-state index contributed by atoms with van der Waals surface area (Å²) in [5, 5.41) is 0. The quantitative estimate of drug-likeness (QED) is 0.855. The van der Waals surface area contributed by atoms with Crippen LogP contribution in [0.3, 0.4) is 0 Å². The van der Waals surface area contributed by atoms with Gasteiger partial charge in [0, 0.05) is 31.9 Å². The molecule has 0 bridgehead atoms.